The number of para-hydroxylation sites is 1. The van der Waals surface area contributed by atoms with E-state index < -0.39 is 0 Å². The lowest BCUT2D eigenvalue weighted by Crippen LogP contribution is -2.28. The van der Waals surface area contributed by atoms with Gasteiger partial charge in [0.1, 0.15) is 5.69 Å². The molecule has 1 atom stereocenters. The number of ether oxygens (including phenoxy) is 1. The molecule has 1 aliphatic heterocycles. The van der Waals surface area contributed by atoms with Gasteiger partial charge in [-0.1, -0.05) is 37.5 Å². The number of benzene rings is 1. The molecule has 6 heteroatoms. The fraction of sp³-hybridized carbons (Fsp3) is 0.545. The summed E-state index contributed by atoms with van der Waals surface area (Å²) in [6.07, 6.45) is 9.57. The van der Waals surface area contributed by atoms with E-state index in [2.05, 4.69) is 12.2 Å². The molecule has 1 fully saturated rings. The number of aryl methyl sites for hydroxylation is 1. The highest BCUT2D eigenvalue weighted by molar-refractivity contribution is 5.63. The highest BCUT2D eigenvalue weighted by atomic mass is 16.5. The van der Waals surface area contributed by atoms with Gasteiger partial charge >= 0.3 is 0 Å². The van der Waals surface area contributed by atoms with Crippen LogP contribution in [0.4, 0.5) is 17.3 Å². The standard InChI is InChI=1S/C22H31N5O/c1-16-9-8-14-19-20(24-16)21(28-15-17-10-4-2-5-11-17)26-22(25-19)27(23)18-12-6-3-7-13-18/h3,6-7,12-13,16-17,24H,2,4-5,8-11,14-15,23H2,1H3/t16-/m1/s1. The van der Waals surface area contributed by atoms with Gasteiger partial charge in [-0.15, -0.1) is 0 Å². The largest absolute Gasteiger partial charge is 0.476 e. The van der Waals surface area contributed by atoms with Gasteiger partial charge in [0.2, 0.25) is 11.8 Å². The first-order chi connectivity index (χ1) is 13.7. The minimum absolute atomic E-state index is 0.385. The topological polar surface area (TPSA) is 76.3 Å². The maximum absolute atomic E-state index is 6.36. The van der Waals surface area contributed by atoms with Crippen molar-refractivity contribution in [3.63, 3.8) is 0 Å². The first kappa shape index (κ1) is 19.0. The Morgan fingerprint density at radius 3 is 2.64 bits per heavy atom. The molecule has 1 aliphatic carbocycles. The Labute approximate surface area is 167 Å². The fourth-order valence-corrected chi connectivity index (χ4v) is 4.16. The molecule has 0 spiro atoms. The molecule has 0 saturated heterocycles. The molecule has 6 nitrogen and oxygen atoms in total. The van der Waals surface area contributed by atoms with Crippen LogP contribution in [0.2, 0.25) is 0 Å². The Morgan fingerprint density at radius 2 is 1.86 bits per heavy atom. The zero-order valence-corrected chi connectivity index (χ0v) is 16.7. The number of fused-ring (bicyclic) bond motifs is 1. The van der Waals surface area contributed by atoms with Gasteiger partial charge in [0.25, 0.3) is 0 Å². The van der Waals surface area contributed by atoms with E-state index in [0.29, 0.717) is 23.8 Å². The van der Waals surface area contributed by atoms with E-state index in [1.807, 2.05) is 30.3 Å². The average Bonchev–Trinajstić information content (AvgIpc) is 2.93. The highest BCUT2D eigenvalue weighted by Gasteiger charge is 2.23. The summed E-state index contributed by atoms with van der Waals surface area (Å²) in [5.41, 5.74) is 2.81. The van der Waals surface area contributed by atoms with Gasteiger partial charge in [-0.2, -0.15) is 4.98 Å². The lowest BCUT2D eigenvalue weighted by atomic mass is 9.90. The number of nitrogens with one attached hydrogen (secondary N) is 1. The van der Waals surface area contributed by atoms with Crippen LogP contribution >= 0.6 is 0 Å². The monoisotopic (exact) mass is 381 g/mol. The Morgan fingerprint density at radius 1 is 1.07 bits per heavy atom. The summed E-state index contributed by atoms with van der Waals surface area (Å²) in [4.78, 5) is 9.51. The van der Waals surface area contributed by atoms with Crippen molar-refractivity contribution in [2.45, 2.75) is 64.3 Å². The van der Waals surface area contributed by atoms with Crippen LogP contribution < -0.4 is 20.9 Å². The van der Waals surface area contributed by atoms with Crippen LogP contribution in [0.1, 0.15) is 57.6 Å². The normalized spacial score (nSPS) is 20.0. The van der Waals surface area contributed by atoms with E-state index in [1.54, 1.807) is 5.01 Å². The molecule has 1 aromatic carbocycles. The summed E-state index contributed by atoms with van der Waals surface area (Å²) in [6.45, 7) is 2.92. The number of nitrogens with two attached hydrogens (primary N) is 1. The predicted molar refractivity (Wildman–Crippen MR) is 113 cm³/mol. The number of nitrogens with zero attached hydrogens (tertiary/aromatic N) is 3. The van der Waals surface area contributed by atoms with Crippen LogP contribution in [-0.4, -0.2) is 22.6 Å². The zero-order valence-electron chi connectivity index (χ0n) is 16.7. The van der Waals surface area contributed by atoms with Gasteiger partial charge in [0.15, 0.2) is 0 Å². The number of hydrogen-bond acceptors (Lipinski definition) is 6. The number of anilines is 3. The van der Waals surface area contributed by atoms with Gasteiger partial charge in [-0.25, -0.2) is 15.8 Å². The number of hydrogen-bond donors (Lipinski definition) is 2. The van der Waals surface area contributed by atoms with Crippen molar-refractivity contribution in [2.75, 3.05) is 16.9 Å². The van der Waals surface area contributed by atoms with Crippen LogP contribution in [0.25, 0.3) is 0 Å². The Kier molecular flexibility index (Phi) is 5.95. The Balaban J connectivity index is 1.63. The molecule has 2 aliphatic rings. The second-order valence-electron chi connectivity index (χ2n) is 8.11. The second kappa shape index (κ2) is 8.78. The molecule has 150 valence electrons. The van der Waals surface area contributed by atoms with E-state index in [1.165, 1.54) is 32.1 Å². The summed E-state index contributed by atoms with van der Waals surface area (Å²) < 4.78 is 6.28. The molecule has 1 saturated carbocycles. The predicted octanol–water partition coefficient (Wildman–Crippen LogP) is 4.58. The van der Waals surface area contributed by atoms with E-state index in [4.69, 9.17) is 20.5 Å². The molecule has 1 aromatic heterocycles. The average molecular weight is 382 g/mol. The lowest BCUT2D eigenvalue weighted by molar-refractivity contribution is 0.203. The Bertz CT molecular complexity index is 776. The molecular formula is C22H31N5O. The molecule has 0 unspecified atom stereocenters. The van der Waals surface area contributed by atoms with Crippen molar-refractivity contribution < 1.29 is 4.74 Å². The van der Waals surface area contributed by atoms with Crippen LogP contribution in [0.3, 0.4) is 0 Å². The van der Waals surface area contributed by atoms with E-state index in [9.17, 15) is 0 Å². The van der Waals surface area contributed by atoms with Crippen LogP contribution in [0.5, 0.6) is 5.88 Å². The zero-order chi connectivity index (χ0) is 19.3. The quantitative estimate of drug-likeness (QED) is 0.583. The van der Waals surface area contributed by atoms with Crippen molar-refractivity contribution in [3.05, 3.63) is 36.0 Å². The van der Waals surface area contributed by atoms with Gasteiger partial charge in [0, 0.05) is 6.04 Å². The number of aromatic nitrogens is 2. The molecule has 4 rings (SSSR count). The van der Waals surface area contributed by atoms with E-state index in [0.717, 1.165) is 42.9 Å². The maximum Gasteiger partial charge on any atom is 0.248 e. The van der Waals surface area contributed by atoms with Crippen LogP contribution in [-0.2, 0) is 6.42 Å². The molecule has 0 radical (unpaired) electrons. The smallest absolute Gasteiger partial charge is 0.248 e. The summed E-state index contributed by atoms with van der Waals surface area (Å²) in [5, 5.41) is 5.12. The molecule has 2 aromatic rings. The summed E-state index contributed by atoms with van der Waals surface area (Å²) in [7, 11) is 0. The maximum atomic E-state index is 6.36. The molecule has 2 heterocycles. The highest BCUT2D eigenvalue weighted by Crippen LogP contribution is 2.34. The first-order valence-electron chi connectivity index (χ1n) is 10.6. The van der Waals surface area contributed by atoms with Crippen LogP contribution in [0.15, 0.2) is 30.3 Å². The van der Waals surface area contributed by atoms with Gasteiger partial charge in [0.05, 0.1) is 18.0 Å². The van der Waals surface area contributed by atoms with Crippen molar-refractivity contribution in [1.29, 1.82) is 0 Å². The summed E-state index contributed by atoms with van der Waals surface area (Å²) in [6, 6.07) is 10.2. The summed E-state index contributed by atoms with van der Waals surface area (Å²) in [5.74, 6) is 8.11. The minimum atomic E-state index is 0.385. The van der Waals surface area contributed by atoms with Crippen LogP contribution in [0, 0.1) is 5.92 Å². The van der Waals surface area contributed by atoms with Crippen molar-refractivity contribution in [3.8, 4) is 5.88 Å². The van der Waals surface area contributed by atoms with Gasteiger partial charge in [-0.05, 0) is 57.1 Å². The summed E-state index contributed by atoms with van der Waals surface area (Å²) >= 11 is 0. The first-order valence-corrected chi connectivity index (χ1v) is 10.6. The van der Waals surface area contributed by atoms with Crippen molar-refractivity contribution in [1.82, 2.24) is 9.97 Å². The number of rotatable bonds is 5. The number of hydrazine groups is 1. The molecule has 28 heavy (non-hydrogen) atoms. The molecule has 0 bridgehead atoms. The van der Waals surface area contributed by atoms with Crippen molar-refractivity contribution >= 4 is 17.3 Å². The minimum Gasteiger partial charge on any atom is -0.476 e. The molecular weight excluding hydrogens is 350 g/mol. The molecule has 3 N–H and O–H groups in total. The van der Waals surface area contributed by atoms with E-state index in [-0.39, 0.29) is 0 Å². The Hall–Kier alpha value is -2.34. The fourth-order valence-electron chi connectivity index (χ4n) is 4.16. The molecule has 0 amide bonds. The SMILES string of the molecule is C[C@@H]1CCCc2nc(N(N)c3ccccc3)nc(OCC3CCCCC3)c2N1. The second-order valence-corrected chi connectivity index (χ2v) is 8.11. The van der Waals surface area contributed by atoms with Gasteiger partial charge < -0.3 is 10.1 Å². The third kappa shape index (κ3) is 4.38. The van der Waals surface area contributed by atoms with E-state index >= 15 is 0 Å². The third-order valence-corrected chi connectivity index (χ3v) is 5.81. The third-order valence-electron chi connectivity index (χ3n) is 5.81. The van der Waals surface area contributed by atoms with Gasteiger partial charge in [-0.3, -0.25) is 0 Å². The van der Waals surface area contributed by atoms with Crippen molar-refractivity contribution in [2.24, 2.45) is 11.8 Å². The lowest BCUT2D eigenvalue weighted by Gasteiger charge is -2.24.